The Morgan fingerprint density at radius 2 is 2.00 bits per heavy atom. The van der Waals surface area contributed by atoms with Gasteiger partial charge in [-0.25, -0.2) is 9.19 Å². The van der Waals surface area contributed by atoms with Gasteiger partial charge in [-0.15, -0.1) is 0 Å². The number of halogens is 2. The number of fused-ring (bicyclic) bond motifs is 1. The van der Waals surface area contributed by atoms with E-state index in [9.17, 15) is 8.76 Å². The van der Waals surface area contributed by atoms with Crippen molar-refractivity contribution in [1.82, 2.24) is 9.97 Å². The molecule has 0 spiro atoms. The summed E-state index contributed by atoms with van der Waals surface area (Å²) in [5, 5.41) is 0.611. The van der Waals surface area contributed by atoms with Crippen LogP contribution in [0.3, 0.4) is 0 Å². The van der Waals surface area contributed by atoms with Gasteiger partial charge in [0.25, 0.3) is 0 Å². The van der Waals surface area contributed by atoms with E-state index >= 15 is 0 Å². The molecule has 2 rings (SSSR count). The number of nitrogens with one attached hydrogen (secondary N) is 1. The lowest BCUT2D eigenvalue weighted by atomic mass is 10.3. The number of hydrogen-bond acceptors (Lipinski definition) is 2. The minimum atomic E-state index is -3.34. The first-order valence-electron chi connectivity index (χ1n) is 3.82. The van der Waals surface area contributed by atoms with Crippen molar-refractivity contribution in [3.63, 3.8) is 0 Å². The molecule has 1 heterocycles. The van der Waals surface area contributed by atoms with Gasteiger partial charge >= 0.3 is 0 Å². The van der Waals surface area contributed by atoms with Gasteiger partial charge in [0.05, 0.1) is 21.1 Å². The number of aromatic amines is 1. The molecular weight excluding hydrogens is 259 g/mol. The third-order valence-electron chi connectivity index (χ3n) is 1.80. The Bertz CT molecular complexity index is 594. The first-order chi connectivity index (χ1) is 6.88. The fourth-order valence-corrected chi connectivity index (χ4v) is 1.96. The number of nitrogens with zero attached hydrogens (tertiary/aromatic N) is 1. The van der Waals surface area contributed by atoms with Gasteiger partial charge in [0, 0.05) is 0 Å². The van der Waals surface area contributed by atoms with E-state index in [-0.39, 0.29) is 5.16 Å². The van der Waals surface area contributed by atoms with E-state index in [4.69, 9.17) is 23.2 Å². The molecule has 2 N–H and O–H groups in total. The summed E-state index contributed by atoms with van der Waals surface area (Å²) in [6, 6.07) is 3.06. The number of hydrogen-bond donors (Lipinski definition) is 2. The summed E-state index contributed by atoms with van der Waals surface area (Å²) < 4.78 is 20.4. The smallest absolute Gasteiger partial charge is 0.214 e. The lowest BCUT2D eigenvalue weighted by Crippen LogP contribution is -1.99. The molecule has 0 saturated heterocycles. The molecule has 15 heavy (non-hydrogen) atoms. The summed E-state index contributed by atoms with van der Waals surface area (Å²) in [5.41, 5.74) is 1.02. The molecule has 4 nitrogen and oxygen atoms in total. The Hall–Kier alpha value is -0.750. The summed E-state index contributed by atoms with van der Waals surface area (Å²) in [7, 11) is -3.34. The van der Waals surface area contributed by atoms with E-state index in [2.05, 4.69) is 15.8 Å². The van der Waals surface area contributed by atoms with Crippen LogP contribution in [0.2, 0.25) is 10.0 Å². The second-order valence-corrected chi connectivity index (χ2v) is 5.45. The highest BCUT2D eigenvalue weighted by atomic mass is 35.5. The predicted octanol–water partition coefficient (Wildman–Crippen LogP) is 2.42. The molecule has 0 radical (unpaired) electrons. The molecule has 0 saturated carbocycles. The van der Waals surface area contributed by atoms with Crippen molar-refractivity contribution in [2.75, 3.05) is 0 Å². The van der Waals surface area contributed by atoms with Crippen LogP contribution < -0.4 is 0 Å². The van der Waals surface area contributed by atoms with E-state index in [1.807, 2.05) is 0 Å². The van der Waals surface area contributed by atoms with Crippen LogP contribution in [-0.2, 0) is 9.80 Å². The summed E-state index contributed by atoms with van der Waals surface area (Å²) in [4.78, 5) is 6.56. The summed E-state index contributed by atoms with van der Waals surface area (Å²) in [6.07, 6.45) is 0. The third-order valence-corrected chi connectivity index (χ3v) is 3.32. The van der Waals surface area contributed by atoms with Crippen molar-refractivity contribution in [2.24, 2.45) is 0 Å². The molecule has 0 fully saturated rings. The van der Waals surface area contributed by atoms with Crippen LogP contribution in [0, 0.1) is 0 Å². The molecule has 1 aromatic carbocycles. The number of aromatic nitrogens is 2. The molecule has 0 bridgehead atoms. The van der Waals surface area contributed by atoms with Gasteiger partial charge in [0.2, 0.25) is 5.16 Å². The summed E-state index contributed by atoms with van der Waals surface area (Å²) in [5.74, 6) is 3.10. The molecule has 1 atom stereocenters. The normalized spacial score (nSPS) is 15.4. The maximum absolute atomic E-state index is 11.2. The van der Waals surface area contributed by atoms with Crippen LogP contribution in [0.15, 0.2) is 17.3 Å². The van der Waals surface area contributed by atoms with E-state index < -0.39 is 9.80 Å². The highest BCUT2D eigenvalue weighted by Crippen LogP contribution is 2.27. The van der Waals surface area contributed by atoms with Gasteiger partial charge in [-0.3, -0.25) is 0 Å². The number of H-pyrrole nitrogens is 1. The highest BCUT2D eigenvalue weighted by molar-refractivity contribution is 7.94. The Morgan fingerprint density at radius 1 is 1.40 bits per heavy atom. The molecule has 0 amide bonds. The minimum Gasteiger partial charge on any atom is -0.329 e. The van der Waals surface area contributed by atoms with E-state index in [0.29, 0.717) is 21.1 Å². The van der Waals surface area contributed by atoms with Gasteiger partial charge in [0.15, 0.2) is 0 Å². The quantitative estimate of drug-likeness (QED) is 0.778. The molecule has 1 aromatic heterocycles. The van der Waals surface area contributed by atoms with Crippen molar-refractivity contribution >= 4 is 49.9 Å². The largest absolute Gasteiger partial charge is 0.329 e. The molecule has 0 aliphatic rings. The SMILES string of the molecule is C=S(=O)(O)c1nc2cc(Cl)c(Cl)cc2[nH]1. The zero-order valence-corrected chi connectivity index (χ0v) is 9.66. The fourth-order valence-electron chi connectivity index (χ4n) is 1.13. The molecular formula is C8H6Cl2N2O2S. The first-order valence-corrected chi connectivity index (χ1v) is 6.26. The van der Waals surface area contributed by atoms with Crippen LogP contribution in [0.4, 0.5) is 0 Å². The predicted molar refractivity (Wildman–Crippen MR) is 62.3 cm³/mol. The Morgan fingerprint density at radius 3 is 2.60 bits per heavy atom. The van der Waals surface area contributed by atoms with E-state index in [1.165, 1.54) is 6.07 Å². The van der Waals surface area contributed by atoms with Crippen molar-refractivity contribution in [3.8, 4) is 0 Å². The van der Waals surface area contributed by atoms with E-state index in [0.717, 1.165) is 0 Å². The van der Waals surface area contributed by atoms with Gasteiger partial charge in [-0.05, 0) is 18.0 Å². The molecule has 80 valence electrons. The molecule has 0 aliphatic carbocycles. The Kier molecular flexibility index (Phi) is 2.42. The lowest BCUT2D eigenvalue weighted by molar-refractivity contribution is 0.553. The highest BCUT2D eigenvalue weighted by Gasteiger charge is 2.11. The van der Waals surface area contributed by atoms with Crippen molar-refractivity contribution < 1.29 is 8.76 Å². The van der Waals surface area contributed by atoms with Crippen LogP contribution >= 0.6 is 23.2 Å². The summed E-state index contributed by atoms with van der Waals surface area (Å²) >= 11 is 11.6. The number of imidazole rings is 1. The van der Waals surface area contributed by atoms with Crippen LogP contribution in [0.5, 0.6) is 0 Å². The van der Waals surface area contributed by atoms with Gasteiger partial charge < -0.3 is 9.54 Å². The van der Waals surface area contributed by atoms with Crippen LogP contribution in [0.25, 0.3) is 11.0 Å². The minimum absolute atomic E-state index is 0.0872. The van der Waals surface area contributed by atoms with Gasteiger partial charge in [-0.2, -0.15) is 0 Å². The molecule has 0 aliphatic heterocycles. The third kappa shape index (κ3) is 1.96. The zero-order chi connectivity index (χ0) is 11.2. The van der Waals surface area contributed by atoms with Crippen LogP contribution in [0.1, 0.15) is 0 Å². The van der Waals surface area contributed by atoms with Gasteiger partial charge in [-0.1, -0.05) is 23.2 Å². The lowest BCUT2D eigenvalue weighted by Gasteiger charge is -1.93. The zero-order valence-electron chi connectivity index (χ0n) is 7.33. The maximum atomic E-state index is 11.2. The second kappa shape index (κ2) is 3.38. The second-order valence-electron chi connectivity index (χ2n) is 2.97. The monoisotopic (exact) mass is 264 g/mol. The summed E-state index contributed by atoms with van der Waals surface area (Å²) in [6.45, 7) is 0. The molecule has 1 unspecified atom stereocenters. The number of rotatable bonds is 1. The Balaban J connectivity index is 2.77. The average molecular weight is 265 g/mol. The van der Waals surface area contributed by atoms with E-state index in [1.54, 1.807) is 6.07 Å². The first kappa shape index (κ1) is 10.8. The molecule has 2 aromatic rings. The topological polar surface area (TPSA) is 66.0 Å². The number of benzene rings is 1. The Labute approximate surface area is 96.1 Å². The van der Waals surface area contributed by atoms with Gasteiger partial charge in [0.1, 0.15) is 9.80 Å². The van der Waals surface area contributed by atoms with Crippen molar-refractivity contribution in [3.05, 3.63) is 22.2 Å². The standard InChI is InChI=1S/C8H6Cl2N2O2S/c1-15(13,14)8-11-6-2-4(9)5(10)3-7(6)12-8/h2-3H,1H2,(H,11,12)(H,13,14). The van der Waals surface area contributed by atoms with Crippen molar-refractivity contribution in [1.29, 1.82) is 0 Å². The molecule has 7 heteroatoms. The fraction of sp³-hybridized carbons (Fsp3) is 0. The maximum Gasteiger partial charge on any atom is 0.214 e. The average Bonchev–Trinajstić information content (AvgIpc) is 2.47. The van der Waals surface area contributed by atoms with Crippen LogP contribution in [-0.4, -0.2) is 24.6 Å². The van der Waals surface area contributed by atoms with Crippen molar-refractivity contribution in [2.45, 2.75) is 5.16 Å².